The normalized spacial score (nSPS) is 20.2. The van der Waals surface area contributed by atoms with E-state index in [4.69, 9.17) is 15.2 Å². The second kappa shape index (κ2) is 5.13. The summed E-state index contributed by atoms with van der Waals surface area (Å²) in [5.41, 5.74) is 5.93. The van der Waals surface area contributed by atoms with Crippen molar-refractivity contribution in [1.82, 2.24) is 15.0 Å². The van der Waals surface area contributed by atoms with Crippen molar-refractivity contribution in [3.63, 3.8) is 0 Å². The number of ether oxygens (including phenoxy) is 2. The molecule has 2 rings (SSSR count). The monoisotopic (exact) mass is 239 g/mol. The summed E-state index contributed by atoms with van der Waals surface area (Å²) in [6, 6.07) is 0.675. The van der Waals surface area contributed by atoms with E-state index in [-0.39, 0.29) is 18.1 Å². The molecule has 0 radical (unpaired) electrons. The van der Waals surface area contributed by atoms with Crippen molar-refractivity contribution in [3.05, 3.63) is 0 Å². The number of aromatic nitrogens is 3. The second-order valence-electron chi connectivity index (χ2n) is 3.96. The summed E-state index contributed by atoms with van der Waals surface area (Å²) in [6.07, 6.45) is 2.08. The van der Waals surface area contributed by atoms with E-state index in [2.05, 4.69) is 15.0 Å². The van der Waals surface area contributed by atoms with Crippen molar-refractivity contribution in [3.8, 4) is 12.0 Å². The number of rotatable bonds is 3. The zero-order chi connectivity index (χ0) is 12.3. The Labute approximate surface area is 100.0 Å². The largest absolute Gasteiger partial charge is 0.467 e. The molecular formula is C10H17N5O2. The Kier molecular flexibility index (Phi) is 3.58. The first kappa shape index (κ1) is 11.8. The molecule has 1 aliphatic heterocycles. The van der Waals surface area contributed by atoms with Gasteiger partial charge in [0.25, 0.3) is 0 Å². The lowest BCUT2D eigenvalue weighted by molar-refractivity contribution is 0.338. The summed E-state index contributed by atoms with van der Waals surface area (Å²) in [5.74, 6) is 0.559. The predicted molar refractivity (Wildman–Crippen MR) is 62.4 cm³/mol. The van der Waals surface area contributed by atoms with Crippen molar-refractivity contribution < 1.29 is 9.47 Å². The third-order valence-electron chi connectivity index (χ3n) is 2.69. The van der Waals surface area contributed by atoms with E-state index in [1.165, 1.54) is 14.2 Å². The first-order valence-electron chi connectivity index (χ1n) is 5.57. The average Bonchev–Trinajstić information content (AvgIpc) is 2.38. The van der Waals surface area contributed by atoms with Crippen molar-refractivity contribution in [1.29, 1.82) is 0 Å². The molecule has 0 amide bonds. The summed E-state index contributed by atoms with van der Waals surface area (Å²) in [7, 11) is 3.03. The molecule has 0 aliphatic carbocycles. The highest BCUT2D eigenvalue weighted by Gasteiger charge is 2.20. The Morgan fingerprint density at radius 1 is 1.18 bits per heavy atom. The van der Waals surface area contributed by atoms with E-state index < -0.39 is 0 Å². The lowest BCUT2D eigenvalue weighted by Crippen LogP contribution is -2.43. The van der Waals surface area contributed by atoms with Crippen molar-refractivity contribution in [2.24, 2.45) is 5.73 Å². The zero-order valence-electron chi connectivity index (χ0n) is 10.1. The van der Waals surface area contributed by atoms with Crippen LogP contribution in [-0.2, 0) is 0 Å². The van der Waals surface area contributed by atoms with Crippen LogP contribution in [0.2, 0.25) is 0 Å². The second-order valence-corrected chi connectivity index (χ2v) is 3.96. The Morgan fingerprint density at radius 2 is 1.82 bits per heavy atom. The van der Waals surface area contributed by atoms with Gasteiger partial charge in [-0.2, -0.15) is 9.97 Å². The van der Waals surface area contributed by atoms with E-state index in [1.807, 2.05) is 4.90 Å². The molecule has 0 saturated carbocycles. The van der Waals surface area contributed by atoms with Gasteiger partial charge >= 0.3 is 12.0 Å². The number of nitrogens with two attached hydrogens (primary N) is 1. The lowest BCUT2D eigenvalue weighted by Gasteiger charge is -2.30. The molecule has 1 atom stereocenters. The van der Waals surface area contributed by atoms with Crippen LogP contribution in [0.3, 0.4) is 0 Å². The maximum absolute atomic E-state index is 5.93. The van der Waals surface area contributed by atoms with Crippen LogP contribution in [0, 0.1) is 0 Å². The van der Waals surface area contributed by atoms with Crippen LogP contribution in [0.4, 0.5) is 5.95 Å². The molecule has 2 N–H and O–H groups in total. The first-order chi connectivity index (χ1) is 8.22. The fraction of sp³-hybridized carbons (Fsp3) is 0.700. The van der Waals surface area contributed by atoms with Crippen LogP contribution in [0.15, 0.2) is 0 Å². The van der Waals surface area contributed by atoms with Gasteiger partial charge in [-0.15, -0.1) is 4.98 Å². The standard InChI is InChI=1S/C10H17N5O2/c1-16-9-12-8(13-10(14-9)17-2)15-5-3-4-7(11)6-15/h7H,3-6,11H2,1-2H3/t7-/m1/s1. The van der Waals surface area contributed by atoms with Gasteiger partial charge < -0.3 is 20.1 Å². The highest BCUT2D eigenvalue weighted by Crippen LogP contribution is 2.19. The van der Waals surface area contributed by atoms with Crippen LogP contribution in [0.1, 0.15) is 12.8 Å². The summed E-state index contributed by atoms with van der Waals surface area (Å²) in [5, 5.41) is 0. The van der Waals surface area contributed by atoms with Gasteiger partial charge in [-0.05, 0) is 12.8 Å². The Hall–Kier alpha value is -1.63. The molecular weight excluding hydrogens is 222 g/mol. The van der Waals surface area contributed by atoms with Gasteiger partial charge in [0, 0.05) is 19.1 Å². The molecule has 1 aromatic heterocycles. The van der Waals surface area contributed by atoms with E-state index in [0.717, 1.165) is 25.9 Å². The SMILES string of the molecule is COc1nc(OC)nc(N2CCC[C@@H](N)C2)n1. The van der Waals surface area contributed by atoms with Gasteiger partial charge in [0.05, 0.1) is 14.2 Å². The number of anilines is 1. The minimum Gasteiger partial charge on any atom is -0.467 e. The van der Waals surface area contributed by atoms with Crippen molar-refractivity contribution in [2.45, 2.75) is 18.9 Å². The molecule has 1 fully saturated rings. The fourth-order valence-corrected chi connectivity index (χ4v) is 1.84. The smallest absolute Gasteiger partial charge is 0.324 e. The number of piperidine rings is 1. The summed E-state index contributed by atoms with van der Waals surface area (Å²) < 4.78 is 10.0. The molecule has 17 heavy (non-hydrogen) atoms. The van der Waals surface area contributed by atoms with Gasteiger partial charge in [-0.1, -0.05) is 0 Å². The molecule has 1 aromatic rings. The van der Waals surface area contributed by atoms with Crippen molar-refractivity contribution in [2.75, 3.05) is 32.2 Å². The highest BCUT2D eigenvalue weighted by atomic mass is 16.5. The molecule has 0 unspecified atom stereocenters. The van der Waals surface area contributed by atoms with E-state index in [0.29, 0.717) is 5.95 Å². The average molecular weight is 239 g/mol. The van der Waals surface area contributed by atoms with Gasteiger partial charge in [0.2, 0.25) is 5.95 Å². The topological polar surface area (TPSA) is 86.4 Å². The van der Waals surface area contributed by atoms with Gasteiger partial charge in [-0.25, -0.2) is 0 Å². The molecule has 2 heterocycles. The number of nitrogens with zero attached hydrogens (tertiary/aromatic N) is 4. The van der Waals surface area contributed by atoms with Crippen molar-refractivity contribution >= 4 is 5.95 Å². The van der Waals surface area contributed by atoms with E-state index >= 15 is 0 Å². The maximum Gasteiger partial charge on any atom is 0.324 e. The molecule has 94 valence electrons. The Bertz CT molecular complexity index is 365. The minimum atomic E-state index is 0.164. The number of hydrogen-bond acceptors (Lipinski definition) is 7. The van der Waals surface area contributed by atoms with Crippen LogP contribution in [-0.4, -0.2) is 48.3 Å². The number of hydrogen-bond donors (Lipinski definition) is 1. The summed E-state index contributed by atoms with van der Waals surface area (Å²) in [6.45, 7) is 1.64. The van der Waals surface area contributed by atoms with E-state index in [9.17, 15) is 0 Å². The molecule has 7 nitrogen and oxygen atoms in total. The molecule has 1 aliphatic rings. The Balaban J connectivity index is 2.23. The third kappa shape index (κ3) is 2.73. The third-order valence-corrected chi connectivity index (χ3v) is 2.69. The van der Waals surface area contributed by atoms with Crippen LogP contribution in [0.5, 0.6) is 12.0 Å². The predicted octanol–water partition coefficient (Wildman–Crippen LogP) is -0.184. The fourth-order valence-electron chi connectivity index (χ4n) is 1.84. The van der Waals surface area contributed by atoms with Gasteiger partial charge in [0.1, 0.15) is 0 Å². The Morgan fingerprint density at radius 3 is 2.35 bits per heavy atom. The molecule has 1 saturated heterocycles. The first-order valence-corrected chi connectivity index (χ1v) is 5.57. The molecule has 0 bridgehead atoms. The lowest BCUT2D eigenvalue weighted by atomic mass is 10.1. The molecule has 0 aromatic carbocycles. The minimum absolute atomic E-state index is 0.164. The van der Waals surface area contributed by atoms with Gasteiger partial charge in [-0.3, -0.25) is 0 Å². The van der Waals surface area contributed by atoms with Crippen LogP contribution >= 0.6 is 0 Å². The summed E-state index contributed by atoms with van der Waals surface area (Å²) in [4.78, 5) is 14.4. The van der Waals surface area contributed by atoms with Crippen LogP contribution in [0.25, 0.3) is 0 Å². The highest BCUT2D eigenvalue weighted by molar-refractivity contribution is 5.33. The maximum atomic E-state index is 5.93. The van der Waals surface area contributed by atoms with Gasteiger partial charge in [0.15, 0.2) is 0 Å². The zero-order valence-corrected chi connectivity index (χ0v) is 10.1. The summed E-state index contributed by atoms with van der Waals surface area (Å²) >= 11 is 0. The quantitative estimate of drug-likeness (QED) is 0.782. The van der Waals surface area contributed by atoms with Crippen LogP contribution < -0.4 is 20.1 Å². The molecule has 7 heteroatoms. The molecule has 0 spiro atoms. The van der Waals surface area contributed by atoms with E-state index in [1.54, 1.807) is 0 Å². The number of methoxy groups -OCH3 is 2.